The van der Waals surface area contributed by atoms with Crippen molar-refractivity contribution in [3.05, 3.63) is 11.9 Å². The second-order valence-corrected chi connectivity index (χ2v) is 5.37. The van der Waals surface area contributed by atoms with Crippen molar-refractivity contribution >= 4 is 0 Å². The van der Waals surface area contributed by atoms with Crippen LogP contribution in [0.1, 0.15) is 47.0 Å². The zero-order valence-electron chi connectivity index (χ0n) is 10.5. The van der Waals surface area contributed by atoms with Gasteiger partial charge in [-0.25, -0.2) is 5.84 Å². The van der Waals surface area contributed by atoms with Crippen molar-refractivity contribution in [3.63, 3.8) is 0 Å². The SMILES string of the molecule is CCC(C)(C)C(C)N(N)/C=C(\N)C1CC1. The first-order valence-corrected chi connectivity index (χ1v) is 5.88. The van der Waals surface area contributed by atoms with Crippen molar-refractivity contribution in [2.24, 2.45) is 22.9 Å². The molecule has 4 N–H and O–H groups in total. The summed E-state index contributed by atoms with van der Waals surface area (Å²) in [4.78, 5) is 0. The molecule has 1 unspecified atom stereocenters. The zero-order chi connectivity index (χ0) is 11.6. The molecule has 0 bridgehead atoms. The molecule has 0 aromatic heterocycles. The van der Waals surface area contributed by atoms with Crippen LogP contribution in [0.15, 0.2) is 11.9 Å². The largest absolute Gasteiger partial charge is 0.401 e. The highest BCUT2D eigenvalue weighted by atomic mass is 15.4. The zero-order valence-corrected chi connectivity index (χ0v) is 10.5. The van der Waals surface area contributed by atoms with Crippen LogP contribution in [0.5, 0.6) is 0 Å². The molecule has 0 amide bonds. The Morgan fingerprint density at radius 1 is 1.53 bits per heavy atom. The van der Waals surface area contributed by atoms with Crippen molar-refractivity contribution in [1.29, 1.82) is 0 Å². The molecule has 1 fully saturated rings. The fourth-order valence-electron chi connectivity index (χ4n) is 1.50. The van der Waals surface area contributed by atoms with E-state index in [0.717, 1.165) is 12.1 Å². The van der Waals surface area contributed by atoms with Crippen LogP contribution in [-0.4, -0.2) is 11.1 Å². The lowest BCUT2D eigenvalue weighted by Crippen LogP contribution is -2.44. The maximum absolute atomic E-state index is 6.02. The molecule has 0 aromatic rings. The Morgan fingerprint density at radius 3 is 2.47 bits per heavy atom. The Hall–Kier alpha value is -0.700. The third kappa shape index (κ3) is 3.13. The predicted molar refractivity (Wildman–Crippen MR) is 64.6 cm³/mol. The lowest BCUT2D eigenvalue weighted by atomic mass is 9.82. The van der Waals surface area contributed by atoms with Gasteiger partial charge in [0, 0.05) is 23.9 Å². The van der Waals surface area contributed by atoms with Crippen LogP contribution in [0.25, 0.3) is 0 Å². The van der Waals surface area contributed by atoms with Crippen molar-refractivity contribution in [2.45, 2.75) is 53.0 Å². The number of allylic oxidation sites excluding steroid dienone is 1. The van der Waals surface area contributed by atoms with Crippen molar-refractivity contribution < 1.29 is 0 Å². The summed E-state index contributed by atoms with van der Waals surface area (Å²) in [5.41, 5.74) is 7.10. The summed E-state index contributed by atoms with van der Waals surface area (Å²) in [7, 11) is 0. The molecular weight excluding hydrogens is 186 g/mol. The first kappa shape index (κ1) is 12.4. The summed E-state index contributed by atoms with van der Waals surface area (Å²) in [6.07, 6.45) is 5.47. The van der Waals surface area contributed by atoms with Crippen LogP contribution in [0.3, 0.4) is 0 Å². The van der Waals surface area contributed by atoms with Gasteiger partial charge in [0.05, 0.1) is 0 Å². The molecule has 1 saturated carbocycles. The molecule has 0 radical (unpaired) electrons. The normalized spacial score (nSPS) is 20.2. The number of nitrogens with zero attached hydrogens (tertiary/aromatic N) is 1. The summed E-state index contributed by atoms with van der Waals surface area (Å²) in [5, 5.41) is 1.77. The first-order chi connectivity index (χ1) is 6.88. The lowest BCUT2D eigenvalue weighted by Gasteiger charge is -2.36. The van der Waals surface area contributed by atoms with E-state index in [-0.39, 0.29) is 5.41 Å². The van der Waals surface area contributed by atoms with Gasteiger partial charge in [0.15, 0.2) is 0 Å². The molecule has 0 aromatic carbocycles. The van der Waals surface area contributed by atoms with Gasteiger partial charge in [-0.2, -0.15) is 0 Å². The van der Waals surface area contributed by atoms with E-state index in [2.05, 4.69) is 27.7 Å². The molecule has 3 heteroatoms. The smallest absolute Gasteiger partial charge is 0.0469 e. The van der Waals surface area contributed by atoms with Gasteiger partial charge >= 0.3 is 0 Å². The molecule has 0 aliphatic heterocycles. The van der Waals surface area contributed by atoms with Gasteiger partial charge in [0.25, 0.3) is 0 Å². The van der Waals surface area contributed by atoms with E-state index in [9.17, 15) is 0 Å². The van der Waals surface area contributed by atoms with Crippen molar-refractivity contribution in [3.8, 4) is 0 Å². The van der Waals surface area contributed by atoms with Gasteiger partial charge in [0.2, 0.25) is 0 Å². The quantitative estimate of drug-likeness (QED) is 0.541. The Morgan fingerprint density at radius 2 is 2.07 bits per heavy atom. The van der Waals surface area contributed by atoms with Gasteiger partial charge in [-0.3, -0.25) is 0 Å². The third-order valence-corrected chi connectivity index (χ3v) is 3.84. The standard InChI is InChI=1S/C12H25N3/c1-5-12(3,4)9(2)15(14)8-11(13)10-6-7-10/h8-10H,5-7,13-14H2,1-4H3/b11-8-. The van der Waals surface area contributed by atoms with Crippen LogP contribution in [0.4, 0.5) is 0 Å². The van der Waals surface area contributed by atoms with E-state index >= 15 is 0 Å². The first-order valence-electron chi connectivity index (χ1n) is 5.88. The predicted octanol–water partition coefficient (Wildman–Crippen LogP) is 2.20. The van der Waals surface area contributed by atoms with Gasteiger partial charge in [-0.15, -0.1) is 0 Å². The number of nitrogens with two attached hydrogens (primary N) is 2. The lowest BCUT2D eigenvalue weighted by molar-refractivity contribution is 0.140. The molecular formula is C12H25N3. The minimum Gasteiger partial charge on any atom is -0.401 e. The molecule has 1 atom stereocenters. The molecule has 88 valence electrons. The highest BCUT2D eigenvalue weighted by Gasteiger charge is 2.28. The Bertz CT molecular complexity index is 241. The van der Waals surface area contributed by atoms with Crippen LogP contribution in [-0.2, 0) is 0 Å². The fraction of sp³-hybridized carbons (Fsp3) is 0.833. The van der Waals surface area contributed by atoms with Gasteiger partial charge in [0.1, 0.15) is 0 Å². The number of hydrogen-bond donors (Lipinski definition) is 2. The van der Waals surface area contributed by atoms with Gasteiger partial charge in [-0.05, 0) is 31.6 Å². The fourth-order valence-corrected chi connectivity index (χ4v) is 1.50. The molecule has 1 rings (SSSR count). The number of rotatable bonds is 5. The minimum absolute atomic E-state index is 0.217. The van der Waals surface area contributed by atoms with Crippen molar-refractivity contribution in [2.75, 3.05) is 0 Å². The molecule has 0 heterocycles. The highest BCUT2D eigenvalue weighted by molar-refractivity contribution is 5.08. The van der Waals surface area contributed by atoms with Crippen LogP contribution >= 0.6 is 0 Å². The van der Waals surface area contributed by atoms with E-state index in [1.54, 1.807) is 5.01 Å². The summed E-state index contributed by atoms with van der Waals surface area (Å²) < 4.78 is 0. The van der Waals surface area contributed by atoms with Crippen LogP contribution in [0, 0.1) is 11.3 Å². The van der Waals surface area contributed by atoms with Gasteiger partial charge in [-0.1, -0.05) is 20.8 Å². The van der Waals surface area contributed by atoms with E-state index < -0.39 is 0 Å². The molecule has 1 aliphatic carbocycles. The van der Waals surface area contributed by atoms with Crippen LogP contribution < -0.4 is 11.6 Å². The average molecular weight is 211 g/mol. The summed E-state index contributed by atoms with van der Waals surface area (Å²) in [5.74, 6) is 6.61. The average Bonchev–Trinajstić information content (AvgIpc) is 2.99. The van der Waals surface area contributed by atoms with Gasteiger partial charge < -0.3 is 10.7 Å². The Balaban J connectivity index is 2.59. The second kappa shape index (κ2) is 4.44. The summed E-state index contributed by atoms with van der Waals surface area (Å²) >= 11 is 0. The number of hydrogen-bond acceptors (Lipinski definition) is 3. The Kier molecular flexibility index (Phi) is 3.66. The molecule has 3 nitrogen and oxygen atoms in total. The van der Waals surface area contributed by atoms with E-state index in [1.807, 2.05) is 6.20 Å². The second-order valence-electron chi connectivity index (χ2n) is 5.37. The topological polar surface area (TPSA) is 55.3 Å². The maximum atomic E-state index is 6.02. The Labute approximate surface area is 93.5 Å². The highest BCUT2D eigenvalue weighted by Crippen LogP contribution is 2.34. The monoisotopic (exact) mass is 211 g/mol. The maximum Gasteiger partial charge on any atom is 0.0469 e. The number of hydrazine groups is 1. The molecule has 15 heavy (non-hydrogen) atoms. The van der Waals surface area contributed by atoms with Crippen molar-refractivity contribution in [1.82, 2.24) is 5.01 Å². The summed E-state index contributed by atoms with van der Waals surface area (Å²) in [6, 6.07) is 0.305. The molecule has 0 saturated heterocycles. The summed E-state index contributed by atoms with van der Waals surface area (Å²) in [6.45, 7) is 8.82. The molecule has 0 spiro atoms. The molecule has 1 aliphatic rings. The minimum atomic E-state index is 0.217. The van der Waals surface area contributed by atoms with E-state index in [1.165, 1.54) is 12.8 Å². The van der Waals surface area contributed by atoms with E-state index in [4.69, 9.17) is 11.6 Å². The van der Waals surface area contributed by atoms with E-state index in [0.29, 0.717) is 12.0 Å². The third-order valence-electron chi connectivity index (χ3n) is 3.84. The van der Waals surface area contributed by atoms with Crippen LogP contribution in [0.2, 0.25) is 0 Å².